The van der Waals surface area contributed by atoms with Crippen LogP contribution in [0.1, 0.15) is 43.7 Å². The summed E-state index contributed by atoms with van der Waals surface area (Å²) in [5.74, 6) is 1.11. The van der Waals surface area contributed by atoms with Gasteiger partial charge in [-0.15, -0.1) is 0 Å². The van der Waals surface area contributed by atoms with Gasteiger partial charge in [-0.1, -0.05) is 61.7 Å². The third-order valence-electron chi connectivity index (χ3n) is 5.97. The Morgan fingerprint density at radius 1 is 0.964 bits per heavy atom. The maximum atomic E-state index is 7.78. The second kappa shape index (κ2) is 6.79. The number of rotatable bonds is 3. The Bertz CT molecular complexity index is 1180. The second-order valence-electron chi connectivity index (χ2n) is 7.74. The van der Waals surface area contributed by atoms with Crippen molar-refractivity contribution in [2.24, 2.45) is 5.73 Å². The number of imidazole rings is 1. The van der Waals surface area contributed by atoms with Crippen LogP contribution in [0, 0.1) is 5.41 Å². The van der Waals surface area contributed by atoms with Crippen molar-refractivity contribution in [1.82, 2.24) is 9.55 Å². The van der Waals surface area contributed by atoms with Gasteiger partial charge in [-0.05, 0) is 41.8 Å². The second-order valence-corrected chi connectivity index (χ2v) is 7.74. The van der Waals surface area contributed by atoms with Crippen LogP contribution in [0.2, 0.25) is 0 Å². The summed E-state index contributed by atoms with van der Waals surface area (Å²) < 4.78 is 2.44. The van der Waals surface area contributed by atoms with E-state index in [2.05, 4.69) is 53.1 Å². The average molecular weight is 368 g/mol. The molecule has 0 bridgehead atoms. The first-order valence-corrected chi connectivity index (χ1v) is 10.1. The monoisotopic (exact) mass is 368 g/mol. The molecule has 0 saturated heterocycles. The molecule has 1 heterocycles. The van der Waals surface area contributed by atoms with Gasteiger partial charge in [0.15, 0.2) is 0 Å². The number of benzene rings is 3. The highest BCUT2D eigenvalue weighted by Gasteiger charge is 2.23. The quantitative estimate of drug-likeness (QED) is 0.363. The molecule has 4 nitrogen and oxygen atoms in total. The normalized spacial score (nSPS) is 15.3. The molecule has 5 rings (SSSR count). The molecule has 1 aliphatic carbocycles. The van der Waals surface area contributed by atoms with Gasteiger partial charge in [0.25, 0.3) is 0 Å². The molecular formula is C24H24N4. The average Bonchev–Trinajstić information content (AvgIpc) is 3.12. The first kappa shape index (κ1) is 17.0. The Hall–Kier alpha value is -3.14. The van der Waals surface area contributed by atoms with E-state index >= 15 is 0 Å². The van der Waals surface area contributed by atoms with Gasteiger partial charge in [0.2, 0.25) is 0 Å². The molecule has 140 valence electrons. The van der Waals surface area contributed by atoms with Crippen molar-refractivity contribution >= 4 is 27.6 Å². The molecule has 0 atom stereocenters. The van der Waals surface area contributed by atoms with E-state index in [-0.39, 0.29) is 5.84 Å². The summed E-state index contributed by atoms with van der Waals surface area (Å²) in [6.07, 6.45) is 6.24. The zero-order chi connectivity index (χ0) is 19.1. The number of nitrogen functional groups attached to an aromatic ring is 1. The molecule has 1 saturated carbocycles. The van der Waals surface area contributed by atoms with Crippen LogP contribution >= 0.6 is 0 Å². The van der Waals surface area contributed by atoms with Gasteiger partial charge in [-0.2, -0.15) is 0 Å². The number of aromatic nitrogens is 2. The minimum Gasteiger partial charge on any atom is -0.384 e. The van der Waals surface area contributed by atoms with Crippen LogP contribution in [0.15, 0.2) is 60.7 Å². The van der Waals surface area contributed by atoms with E-state index < -0.39 is 0 Å². The van der Waals surface area contributed by atoms with E-state index in [1.54, 1.807) is 0 Å². The lowest BCUT2D eigenvalue weighted by molar-refractivity contribution is 0.362. The van der Waals surface area contributed by atoms with Gasteiger partial charge in [-0.25, -0.2) is 4.98 Å². The zero-order valence-electron chi connectivity index (χ0n) is 15.9. The lowest BCUT2D eigenvalue weighted by atomic mass is 9.94. The number of hydrogen-bond acceptors (Lipinski definition) is 2. The Balaban J connectivity index is 1.80. The van der Waals surface area contributed by atoms with Crippen molar-refractivity contribution in [3.05, 3.63) is 66.2 Å². The molecule has 0 amide bonds. The number of nitrogens with zero attached hydrogens (tertiary/aromatic N) is 2. The molecule has 28 heavy (non-hydrogen) atoms. The summed E-state index contributed by atoms with van der Waals surface area (Å²) in [6, 6.07) is 21.4. The highest BCUT2D eigenvalue weighted by Crippen LogP contribution is 2.38. The minimum absolute atomic E-state index is 0.0841. The number of fused-ring (bicyclic) bond motifs is 2. The molecule has 3 aromatic carbocycles. The van der Waals surface area contributed by atoms with E-state index in [4.69, 9.17) is 16.1 Å². The van der Waals surface area contributed by atoms with Gasteiger partial charge >= 0.3 is 0 Å². The largest absolute Gasteiger partial charge is 0.384 e. The van der Waals surface area contributed by atoms with Gasteiger partial charge in [0.05, 0.1) is 11.0 Å². The van der Waals surface area contributed by atoms with Crippen LogP contribution in [0.4, 0.5) is 0 Å². The Morgan fingerprint density at radius 2 is 1.75 bits per heavy atom. The van der Waals surface area contributed by atoms with Crippen molar-refractivity contribution in [1.29, 1.82) is 5.41 Å². The number of nitrogens with one attached hydrogen (secondary N) is 1. The zero-order valence-corrected chi connectivity index (χ0v) is 15.9. The molecule has 4 heteroatoms. The molecule has 0 unspecified atom stereocenters. The Morgan fingerprint density at radius 3 is 2.57 bits per heavy atom. The van der Waals surface area contributed by atoms with Crippen molar-refractivity contribution in [3.8, 4) is 11.4 Å². The number of hydrogen-bond donors (Lipinski definition) is 2. The van der Waals surface area contributed by atoms with Gasteiger partial charge < -0.3 is 10.3 Å². The first-order valence-electron chi connectivity index (χ1n) is 10.1. The van der Waals surface area contributed by atoms with Crippen LogP contribution < -0.4 is 5.73 Å². The molecule has 0 aliphatic heterocycles. The minimum atomic E-state index is 0.0841. The van der Waals surface area contributed by atoms with Crippen LogP contribution in [-0.4, -0.2) is 15.4 Å². The van der Waals surface area contributed by atoms with E-state index in [0.29, 0.717) is 6.04 Å². The van der Waals surface area contributed by atoms with Crippen molar-refractivity contribution in [2.45, 2.75) is 38.1 Å². The summed E-state index contributed by atoms with van der Waals surface area (Å²) in [5, 5.41) is 10.2. The van der Waals surface area contributed by atoms with E-state index in [1.807, 2.05) is 12.1 Å². The van der Waals surface area contributed by atoms with E-state index in [0.717, 1.165) is 22.4 Å². The highest BCUT2D eigenvalue weighted by molar-refractivity contribution is 6.00. The number of amidine groups is 1. The first-order chi connectivity index (χ1) is 13.7. The Kier molecular flexibility index (Phi) is 4.12. The van der Waals surface area contributed by atoms with Crippen LogP contribution in [-0.2, 0) is 0 Å². The fraction of sp³-hybridized carbons (Fsp3) is 0.250. The summed E-state index contributed by atoms with van der Waals surface area (Å²) in [6.45, 7) is 0. The molecule has 1 fully saturated rings. The summed E-state index contributed by atoms with van der Waals surface area (Å²) in [7, 11) is 0. The van der Waals surface area contributed by atoms with Crippen molar-refractivity contribution in [3.63, 3.8) is 0 Å². The lowest BCUT2D eigenvalue weighted by Gasteiger charge is -2.26. The predicted molar refractivity (Wildman–Crippen MR) is 116 cm³/mol. The van der Waals surface area contributed by atoms with Gasteiger partial charge in [-0.3, -0.25) is 5.41 Å². The van der Waals surface area contributed by atoms with Crippen molar-refractivity contribution < 1.29 is 0 Å². The van der Waals surface area contributed by atoms with Crippen LogP contribution in [0.25, 0.3) is 33.2 Å². The highest BCUT2D eigenvalue weighted by atomic mass is 15.1. The Labute approximate surface area is 164 Å². The van der Waals surface area contributed by atoms with Crippen LogP contribution in [0.3, 0.4) is 0 Å². The molecule has 0 radical (unpaired) electrons. The fourth-order valence-electron chi connectivity index (χ4n) is 4.59. The maximum absolute atomic E-state index is 7.78. The summed E-state index contributed by atoms with van der Waals surface area (Å²) in [4.78, 5) is 5.06. The standard InChI is InChI=1S/C24H24N4/c25-23(26)17-13-14-22-21(15-17)27-24(28(22)18-9-2-1-3-10-18)20-12-6-8-16-7-4-5-11-19(16)20/h4-8,11-15,18H,1-3,9-10H2,(H3,25,26). The smallest absolute Gasteiger partial charge is 0.142 e. The molecule has 3 N–H and O–H groups in total. The van der Waals surface area contributed by atoms with Crippen molar-refractivity contribution in [2.75, 3.05) is 0 Å². The van der Waals surface area contributed by atoms with Crippen LogP contribution in [0.5, 0.6) is 0 Å². The molecule has 4 aromatic rings. The lowest BCUT2D eigenvalue weighted by Crippen LogP contribution is -2.14. The number of nitrogens with two attached hydrogens (primary N) is 1. The third-order valence-corrected chi connectivity index (χ3v) is 5.97. The molecular weight excluding hydrogens is 344 g/mol. The van der Waals surface area contributed by atoms with Gasteiger partial charge in [0.1, 0.15) is 11.7 Å². The summed E-state index contributed by atoms with van der Waals surface area (Å²) in [5.41, 5.74) is 9.68. The SMILES string of the molecule is N=C(N)c1ccc2c(c1)nc(-c1cccc3ccccc13)n2C1CCCCC1. The van der Waals surface area contributed by atoms with E-state index in [1.165, 1.54) is 48.4 Å². The molecule has 1 aromatic heterocycles. The van der Waals surface area contributed by atoms with E-state index in [9.17, 15) is 0 Å². The van der Waals surface area contributed by atoms with Gasteiger partial charge in [0, 0.05) is 17.2 Å². The molecule has 1 aliphatic rings. The predicted octanol–water partition coefficient (Wildman–Crippen LogP) is 5.65. The summed E-state index contributed by atoms with van der Waals surface area (Å²) >= 11 is 0. The fourth-order valence-corrected chi connectivity index (χ4v) is 4.59. The third kappa shape index (κ3) is 2.76. The maximum Gasteiger partial charge on any atom is 0.142 e. The topological polar surface area (TPSA) is 67.7 Å². The molecule has 0 spiro atoms.